The summed E-state index contributed by atoms with van der Waals surface area (Å²) in [5.74, 6) is -3.55. The van der Waals surface area contributed by atoms with Gasteiger partial charge in [0.15, 0.2) is 0 Å². The zero-order valence-corrected chi connectivity index (χ0v) is 14.5. The van der Waals surface area contributed by atoms with Gasteiger partial charge in [0, 0.05) is 26.3 Å². The first kappa shape index (κ1) is 18.7. The number of carbonyl (C=O) groups excluding carboxylic acids is 2. The topological polar surface area (TPSA) is 80.6 Å². The van der Waals surface area contributed by atoms with E-state index in [0.717, 1.165) is 22.8 Å². The van der Waals surface area contributed by atoms with Crippen molar-refractivity contribution in [2.75, 3.05) is 31.6 Å². The molecule has 0 radical (unpaired) electrons. The van der Waals surface area contributed by atoms with E-state index in [-0.39, 0.29) is 17.2 Å². The lowest BCUT2D eigenvalue weighted by Crippen LogP contribution is -2.41. The summed E-state index contributed by atoms with van der Waals surface area (Å²) in [6.45, 7) is 1.63. The zero-order chi connectivity index (χ0) is 19.6. The van der Waals surface area contributed by atoms with Crippen LogP contribution < -0.4 is 10.9 Å². The minimum Gasteiger partial charge on any atom is -0.378 e. The number of amides is 2. The molecule has 1 aromatic heterocycles. The van der Waals surface area contributed by atoms with Crippen LogP contribution in [-0.2, 0) is 11.8 Å². The van der Waals surface area contributed by atoms with E-state index in [1.165, 1.54) is 19.3 Å². The predicted molar refractivity (Wildman–Crippen MR) is 92.7 cm³/mol. The molecule has 0 spiro atoms. The van der Waals surface area contributed by atoms with E-state index < -0.39 is 28.7 Å². The highest BCUT2D eigenvalue weighted by molar-refractivity contribution is 6.05. The Bertz CT molecular complexity index is 932. The maximum atomic E-state index is 13.8. The van der Waals surface area contributed by atoms with Crippen LogP contribution in [0.2, 0.25) is 0 Å². The van der Waals surface area contributed by atoms with Gasteiger partial charge in [-0.1, -0.05) is 6.07 Å². The number of pyridine rings is 1. The normalized spacial score (nSPS) is 14.1. The highest BCUT2D eigenvalue weighted by Gasteiger charge is 2.22. The van der Waals surface area contributed by atoms with Gasteiger partial charge in [0.1, 0.15) is 22.9 Å². The van der Waals surface area contributed by atoms with Crippen molar-refractivity contribution in [2.45, 2.75) is 0 Å². The predicted octanol–water partition coefficient (Wildman–Crippen LogP) is 1.39. The summed E-state index contributed by atoms with van der Waals surface area (Å²) in [6.07, 6.45) is 1.35. The lowest BCUT2D eigenvalue weighted by atomic mass is 10.1. The number of anilines is 1. The van der Waals surface area contributed by atoms with E-state index in [2.05, 4.69) is 5.32 Å². The van der Waals surface area contributed by atoms with Crippen LogP contribution in [0.4, 0.5) is 14.5 Å². The monoisotopic (exact) mass is 377 g/mol. The Morgan fingerprint density at radius 3 is 2.41 bits per heavy atom. The molecular formula is C18H17F2N3O4. The molecule has 1 N–H and O–H groups in total. The summed E-state index contributed by atoms with van der Waals surface area (Å²) >= 11 is 0. The summed E-state index contributed by atoms with van der Waals surface area (Å²) in [7, 11) is 1.41. The lowest BCUT2D eigenvalue weighted by molar-refractivity contribution is 0.0302. The second kappa shape index (κ2) is 7.67. The molecule has 0 bridgehead atoms. The molecule has 142 valence electrons. The molecule has 0 unspecified atom stereocenters. The van der Waals surface area contributed by atoms with E-state index in [4.69, 9.17) is 4.74 Å². The minimum absolute atomic E-state index is 0.170. The molecule has 9 heteroatoms. The molecule has 1 aromatic carbocycles. The number of halogens is 2. The van der Waals surface area contributed by atoms with Crippen molar-refractivity contribution in [3.8, 4) is 0 Å². The number of nitrogens with zero attached hydrogens (tertiary/aromatic N) is 2. The van der Waals surface area contributed by atoms with E-state index in [1.807, 2.05) is 0 Å². The van der Waals surface area contributed by atoms with Crippen molar-refractivity contribution in [3.05, 3.63) is 63.6 Å². The highest BCUT2D eigenvalue weighted by atomic mass is 19.1. The van der Waals surface area contributed by atoms with Crippen LogP contribution in [0.15, 0.2) is 35.3 Å². The van der Waals surface area contributed by atoms with Gasteiger partial charge in [-0.05, 0) is 18.2 Å². The van der Waals surface area contributed by atoms with E-state index in [1.54, 1.807) is 4.90 Å². The first-order chi connectivity index (χ1) is 12.9. The van der Waals surface area contributed by atoms with Crippen LogP contribution in [0.3, 0.4) is 0 Å². The van der Waals surface area contributed by atoms with Crippen molar-refractivity contribution >= 4 is 17.5 Å². The molecule has 0 saturated carbocycles. The number of rotatable bonds is 3. The van der Waals surface area contributed by atoms with Crippen molar-refractivity contribution < 1.29 is 23.1 Å². The van der Waals surface area contributed by atoms with Crippen LogP contribution in [0.1, 0.15) is 20.7 Å². The fourth-order valence-electron chi connectivity index (χ4n) is 2.77. The van der Waals surface area contributed by atoms with Crippen molar-refractivity contribution in [1.82, 2.24) is 9.47 Å². The summed E-state index contributed by atoms with van der Waals surface area (Å²) in [5.41, 5.74) is -1.49. The fourth-order valence-corrected chi connectivity index (χ4v) is 2.77. The third kappa shape index (κ3) is 3.87. The van der Waals surface area contributed by atoms with Crippen molar-refractivity contribution in [2.24, 2.45) is 7.05 Å². The van der Waals surface area contributed by atoms with Gasteiger partial charge in [0.05, 0.1) is 18.8 Å². The molecule has 1 aliphatic rings. The summed E-state index contributed by atoms with van der Waals surface area (Å²) in [6, 6.07) is 4.21. The van der Waals surface area contributed by atoms with Gasteiger partial charge in [-0.25, -0.2) is 8.78 Å². The van der Waals surface area contributed by atoms with Gasteiger partial charge >= 0.3 is 0 Å². The largest absolute Gasteiger partial charge is 0.378 e. The van der Waals surface area contributed by atoms with Gasteiger partial charge in [0.25, 0.3) is 17.4 Å². The smallest absolute Gasteiger partial charge is 0.274 e. The molecule has 2 amide bonds. The molecule has 1 fully saturated rings. The van der Waals surface area contributed by atoms with Crippen LogP contribution >= 0.6 is 0 Å². The Balaban J connectivity index is 1.91. The Morgan fingerprint density at radius 1 is 1.15 bits per heavy atom. The van der Waals surface area contributed by atoms with Gasteiger partial charge in [0.2, 0.25) is 0 Å². The summed E-state index contributed by atoms with van der Waals surface area (Å²) in [5, 5.41) is 2.20. The zero-order valence-electron chi connectivity index (χ0n) is 14.5. The second-order valence-electron chi connectivity index (χ2n) is 6.01. The van der Waals surface area contributed by atoms with Gasteiger partial charge in [-0.2, -0.15) is 0 Å². The minimum atomic E-state index is -1.11. The summed E-state index contributed by atoms with van der Waals surface area (Å²) in [4.78, 5) is 38.7. The Kier molecular flexibility index (Phi) is 5.31. The van der Waals surface area contributed by atoms with Crippen LogP contribution in [0, 0.1) is 11.6 Å². The van der Waals surface area contributed by atoms with E-state index in [0.29, 0.717) is 26.3 Å². The number of aryl methyl sites for hydroxylation is 1. The van der Waals surface area contributed by atoms with Crippen molar-refractivity contribution in [3.63, 3.8) is 0 Å². The van der Waals surface area contributed by atoms with E-state index >= 15 is 0 Å². The SMILES string of the molecule is Cn1cc(C(=O)N2CCOCC2)cc(NC(=O)c2c(F)cccc2F)c1=O. The maximum absolute atomic E-state index is 13.8. The number of morpholine rings is 1. The number of hydrogen-bond donors (Lipinski definition) is 1. The molecule has 0 atom stereocenters. The number of nitrogens with one attached hydrogen (secondary N) is 1. The van der Waals surface area contributed by atoms with Crippen LogP contribution in [0.5, 0.6) is 0 Å². The molecule has 1 saturated heterocycles. The number of benzene rings is 1. The third-order valence-electron chi connectivity index (χ3n) is 4.17. The van der Waals surface area contributed by atoms with Gasteiger partial charge in [-0.3, -0.25) is 14.4 Å². The fraction of sp³-hybridized carbons (Fsp3) is 0.278. The van der Waals surface area contributed by atoms with Crippen molar-refractivity contribution in [1.29, 1.82) is 0 Å². The molecule has 2 aromatic rings. The van der Waals surface area contributed by atoms with Gasteiger partial charge in [-0.15, -0.1) is 0 Å². The second-order valence-corrected chi connectivity index (χ2v) is 6.01. The maximum Gasteiger partial charge on any atom is 0.274 e. The van der Waals surface area contributed by atoms with Gasteiger partial charge < -0.3 is 19.5 Å². The average Bonchev–Trinajstić information content (AvgIpc) is 2.65. The molecular weight excluding hydrogens is 360 g/mol. The molecule has 3 rings (SSSR count). The van der Waals surface area contributed by atoms with Crippen LogP contribution in [-0.4, -0.2) is 47.6 Å². The third-order valence-corrected chi connectivity index (χ3v) is 4.17. The molecule has 7 nitrogen and oxygen atoms in total. The standard InChI is InChI=1S/C18H17F2N3O4/c1-22-10-11(17(25)23-5-7-27-8-6-23)9-14(18(22)26)21-16(24)15-12(19)3-2-4-13(15)20/h2-4,9-10H,5-8H2,1H3,(H,21,24). The number of carbonyl (C=O) groups is 2. The Labute approximate surface area is 153 Å². The quantitative estimate of drug-likeness (QED) is 0.877. The number of hydrogen-bond acceptors (Lipinski definition) is 4. The summed E-state index contributed by atoms with van der Waals surface area (Å²) < 4.78 is 33.9. The Morgan fingerprint density at radius 2 is 1.78 bits per heavy atom. The first-order valence-electron chi connectivity index (χ1n) is 8.21. The number of aromatic nitrogens is 1. The lowest BCUT2D eigenvalue weighted by Gasteiger charge is -2.27. The molecule has 27 heavy (non-hydrogen) atoms. The highest BCUT2D eigenvalue weighted by Crippen LogP contribution is 2.15. The van der Waals surface area contributed by atoms with E-state index in [9.17, 15) is 23.2 Å². The average molecular weight is 377 g/mol. The Hall–Kier alpha value is -3.07. The van der Waals surface area contributed by atoms with Crippen LogP contribution in [0.25, 0.3) is 0 Å². The first-order valence-corrected chi connectivity index (χ1v) is 8.21. The molecule has 1 aliphatic heterocycles. The number of ether oxygens (including phenoxy) is 1. The molecule has 2 heterocycles. The molecule has 0 aliphatic carbocycles.